The molecule has 0 saturated heterocycles. The van der Waals surface area contributed by atoms with E-state index in [9.17, 15) is 8.42 Å². The Morgan fingerprint density at radius 1 is 1.50 bits per heavy atom. The van der Waals surface area contributed by atoms with Gasteiger partial charge in [0, 0.05) is 30.5 Å². The van der Waals surface area contributed by atoms with Gasteiger partial charge < -0.3 is 14.8 Å². The van der Waals surface area contributed by atoms with Crippen molar-refractivity contribution in [1.82, 2.24) is 14.4 Å². The number of sulfonamides is 1. The number of rotatable bonds is 6. The molecule has 108 valence electrons. The Labute approximate surface area is 116 Å². The van der Waals surface area contributed by atoms with E-state index in [4.69, 9.17) is 5.73 Å². The van der Waals surface area contributed by atoms with Crippen LogP contribution in [0.3, 0.4) is 0 Å². The predicted molar refractivity (Wildman–Crippen MR) is 71.1 cm³/mol. The lowest BCUT2D eigenvalue weighted by atomic mass is 10.4. The van der Waals surface area contributed by atoms with Crippen LogP contribution in [0.15, 0.2) is 34.0 Å². The summed E-state index contributed by atoms with van der Waals surface area (Å²) in [6.45, 7) is 0.431. The molecule has 1 aliphatic carbocycles. The first kappa shape index (κ1) is 13.3. The van der Waals surface area contributed by atoms with Crippen LogP contribution in [0.2, 0.25) is 0 Å². The maximum atomic E-state index is 12.2. The Morgan fingerprint density at radius 3 is 2.90 bits per heavy atom. The number of nitrogens with two attached hydrogens (primary N) is 1. The highest BCUT2D eigenvalue weighted by Gasteiger charge is 2.27. The van der Waals surface area contributed by atoms with Crippen molar-refractivity contribution in [2.75, 3.05) is 0 Å². The van der Waals surface area contributed by atoms with Crippen LogP contribution in [0.25, 0.3) is 0 Å². The van der Waals surface area contributed by atoms with E-state index in [0.717, 1.165) is 18.5 Å². The maximum Gasteiger partial charge on any atom is 0.242 e. The monoisotopic (exact) mass is 296 g/mol. The molecule has 0 amide bonds. The molecule has 0 aliphatic heterocycles. The minimum atomic E-state index is -3.56. The van der Waals surface area contributed by atoms with Gasteiger partial charge in [0.05, 0.1) is 17.1 Å². The van der Waals surface area contributed by atoms with Gasteiger partial charge in [-0.3, -0.25) is 0 Å². The second-order valence-corrected chi connectivity index (χ2v) is 6.59. The highest BCUT2D eigenvalue weighted by molar-refractivity contribution is 7.89. The third-order valence-corrected chi connectivity index (χ3v) is 4.67. The molecule has 2 aromatic heterocycles. The molecule has 0 spiro atoms. The Balaban J connectivity index is 1.79. The molecule has 1 saturated carbocycles. The average Bonchev–Trinajstić information content (AvgIpc) is 2.98. The number of hydrogen-bond donors (Lipinski definition) is 2. The van der Waals surface area contributed by atoms with Gasteiger partial charge in [-0.25, -0.2) is 13.1 Å². The van der Waals surface area contributed by atoms with Gasteiger partial charge in [0.1, 0.15) is 6.26 Å². The van der Waals surface area contributed by atoms with Crippen LogP contribution in [-0.4, -0.2) is 18.1 Å². The zero-order chi connectivity index (χ0) is 14.2. The number of aromatic nitrogens is 2. The normalized spacial score (nSPS) is 15.7. The summed E-state index contributed by atoms with van der Waals surface area (Å²) in [5, 5.41) is 3.66. The number of hydrogen-bond acceptors (Lipinski definition) is 5. The standard InChI is InChI=1S/C12H16N4O3S/c13-6-11-5-12(8-16(11)10-1-2-10)20(17,18)14-7-9-3-4-19-15-9/h3-5,8,10,14H,1-2,6-7,13H2. The largest absolute Gasteiger partial charge is 0.364 e. The summed E-state index contributed by atoms with van der Waals surface area (Å²) in [7, 11) is -3.56. The van der Waals surface area contributed by atoms with E-state index in [0.29, 0.717) is 18.3 Å². The first-order chi connectivity index (χ1) is 9.60. The van der Waals surface area contributed by atoms with Crippen LogP contribution in [0, 0.1) is 0 Å². The molecule has 0 aromatic carbocycles. The molecular formula is C12H16N4O3S. The first-order valence-corrected chi connectivity index (χ1v) is 7.88. The summed E-state index contributed by atoms with van der Waals surface area (Å²) in [6, 6.07) is 3.64. The van der Waals surface area contributed by atoms with Gasteiger partial charge in [-0.15, -0.1) is 0 Å². The molecule has 1 aliphatic rings. The van der Waals surface area contributed by atoms with Crippen LogP contribution in [-0.2, 0) is 23.1 Å². The van der Waals surface area contributed by atoms with Crippen molar-refractivity contribution >= 4 is 10.0 Å². The third kappa shape index (κ3) is 2.62. The fourth-order valence-electron chi connectivity index (χ4n) is 2.08. The van der Waals surface area contributed by atoms with Gasteiger partial charge in [-0.2, -0.15) is 0 Å². The Morgan fingerprint density at radius 2 is 2.30 bits per heavy atom. The minimum Gasteiger partial charge on any atom is -0.364 e. The molecule has 3 N–H and O–H groups in total. The first-order valence-electron chi connectivity index (χ1n) is 6.40. The molecule has 0 atom stereocenters. The van der Waals surface area contributed by atoms with Gasteiger partial charge in [0.2, 0.25) is 10.0 Å². The second kappa shape index (κ2) is 5.04. The zero-order valence-corrected chi connectivity index (χ0v) is 11.6. The lowest BCUT2D eigenvalue weighted by Gasteiger charge is -2.04. The van der Waals surface area contributed by atoms with E-state index in [1.807, 2.05) is 4.57 Å². The number of nitrogens with one attached hydrogen (secondary N) is 1. The van der Waals surface area contributed by atoms with Crippen LogP contribution in [0.4, 0.5) is 0 Å². The molecule has 3 rings (SSSR count). The second-order valence-electron chi connectivity index (χ2n) is 4.83. The number of nitrogens with zero attached hydrogens (tertiary/aromatic N) is 2. The zero-order valence-electron chi connectivity index (χ0n) is 10.8. The van der Waals surface area contributed by atoms with Crippen LogP contribution in [0.1, 0.15) is 30.3 Å². The van der Waals surface area contributed by atoms with Crippen molar-refractivity contribution < 1.29 is 12.9 Å². The van der Waals surface area contributed by atoms with E-state index >= 15 is 0 Å². The molecule has 7 nitrogen and oxygen atoms in total. The van der Waals surface area contributed by atoms with Crippen molar-refractivity contribution in [3.63, 3.8) is 0 Å². The van der Waals surface area contributed by atoms with Crippen LogP contribution < -0.4 is 10.5 Å². The summed E-state index contributed by atoms with van der Waals surface area (Å²) in [5.41, 5.74) is 7.04. The van der Waals surface area contributed by atoms with E-state index < -0.39 is 10.0 Å². The van der Waals surface area contributed by atoms with E-state index in [-0.39, 0.29) is 11.4 Å². The van der Waals surface area contributed by atoms with Crippen molar-refractivity contribution in [2.24, 2.45) is 5.73 Å². The molecule has 8 heteroatoms. The fraction of sp³-hybridized carbons (Fsp3) is 0.417. The molecule has 0 bridgehead atoms. The van der Waals surface area contributed by atoms with Crippen molar-refractivity contribution in [1.29, 1.82) is 0 Å². The van der Waals surface area contributed by atoms with E-state index in [2.05, 4.69) is 14.4 Å². The summed E-state index contributed by atoms with van der Waals surface area (Å²) < 4.78 is 33.6. The summed E-state index contributed by atoms with van der Waals surface area (Å²) in [4.78, 5) is 0.244. The molecular weight excluding hydrogens is 280 g/mol. The lowest BCUT2D eigenvalue weighted by Crippen LogP contribution is -2.23. The third-order valence-electron chi connectivity index (χ3n) is 3.30. The van der Waals surface area contributed by atoms with Crippen molar-refractivity contribution in [3.8, 4) is 0 Å². The van der Waals surface area contributed by atoms with Crippen LogP contribution >= 0.6 is 0 Å². The Hall–Kier alpha value is -1.64. The summed E-state index contributed by atoms with van der Waals surface area (Å²) in [6.07, 6.45) is 5.21. The average molecular weight is 296 g/mol. The Kier molecular flexibility index (Phi) is 3.36. The minimum absolute atomic E-state index is 0.103. The van der Waals surface area contributed by atoms with Gasteiger partial charge in [0.15, 0.2) is 0 Å². The van der Waals surface area contributed by atoms with Gasteiger partial charge in [0.25, 0.3) is 0 Å². The SMILES string of the molecule is NCc1cc(S(=O)(=O)NCc2ccon2)cn1C1CC1. The quantitative estimate of drug-likeness (QED) is 0.818. The Bertz CT molecular complexity index is 686. The van der Waals surface area contributed by atoms with Gasteiger partial charge in [-0.1, -0.05) is 5.16 Å². The molecule has 2 heterocycles. The summed E-state index contributed by atoms with van der Waals surface area (Å²) in [5.74, 6) is 0. The fourth-order valence-corrected chi connectivity index (χ4v) is 3.13. The van der Waals surface area contributed by atoms with Crippen molar-refractivity contribution in [3.05, 3.63) is 36.0 Å². The molecule has 20 heavy (non-hydrogen) atoms. The van der Waals surface area contributed by atoms with E-state index in [1.165, 1.54) is 6.26 Å². The lowest BCUT2D eigenvalue weighted by molar-refractivity contribution is 0.411. The topological polar surface area (TPSA) is 103 Å². The molecule has 1 fully saturated rings. The van der Waals surface area contributed by atoms with Crippen LogP contribution in [0.5, 0.6) is 0 Å². The highest BCUT2D eigenvalue weighted by atomic mass is 32.2. The molecule has 0 radical (unpaired) electrons. The smallest absolute Gasteiger partial charge is 0.242 e. The molecule has 0 unspecified atom stereocenters. The molecule has 2 aromatic rings. The van der Waals surface area contributed by atoms with Gasteiger partial charge >= 0.3 is 0 Å². The van der Waals surface area contributed by atoms with Crippen molar-refractivity contribution in [2.45, 2.75) is 36.9 Å². The predicted octanol–water partition coefficient (Wildman–Crippen LogP) is 0.748. The highest BCUT2D eigenvalue weighted by Crippen LogP contribution is 2.37. The maximum absolute atomic E-state index is 12.2. The van der Waals surface area contributed by atoms with Gasteiger partial charge in [-0.05, 0) is 18.9 Å². The summed E-state index contributed by atoms with van der Waals surface area (Å²) >= 11 is 0. The van der Waals surface area contributed by atoms with E-state index in [1.54, 1.807) is 18.3 Å².